The molecule has 5 nitrogen and oxygen atoms in total. The molecule has 0 saturated carbocycles. The number of hydrogen-bond acceptors (Lipinski definition) is 3. The van der Waals surface area contributed by atoms with Crippen LogP contribution in [0.15, 0.2) is 12.1 Å². The lowest BCUT2D eigenvalue weighted by molar-refractivity contribution is -0.126. The van der Waals surface area contributed by atoms with Crippen LogP contribution >= 0.6 is 0 Å². The van der Waals surface area contributed by atoms with Crippen LogP contribution in [-0.4, -0.2) is 22.5 Å². The van der Waals surface area contributed by atoms with Crippen molar-refractivity contribution in [1.82, 2.24) is 0 Å². The number of hydrogen-bond donors (Lipinski definition) is 3. The third kappa shape index (κ3) is 3.42. The first-order valence-electron chi connectivity index (χ1n) is 6.83. The number of amides is 1. The summed E-state index contributed by atoms with van der Waals surface area (Å²) in [5.41, 5.74) is 6.72. The van der Waals surface area contributed by atoms with E-state index in [1.54, 1.807) is 40.7 Å². The Hall–Kier alpha value is -1.88. The van der Waals surface area contributed by atoms with E-state index in [1.165, 1.54) is 6.07 Å². The van der Waals surface area contributed by atoms with Crippen molar-refractivity contribution in [3.05, 3.63) is 28.8 Å². The predicted molar refractivity (Wildman–Crippen MR) is 83.6 cm³/mol. The van der Waals surface area contributed by atoms with E-state index in [4.69, 9.17) is 5.73 Å². The number of aromatic carboxylic acids is 1. The molecule has 0 unspecified atom stereocenters. The molecule has 0 saturated heterocycles. The fourth-order valence-corrected chi connectivity index (χ4v) is 1.73. The van der Waals surface area contributed by atoms with Crippen LogP contribution in [0.4, 0.5) is 5.69 Å². The minimum absolute atomic E-state index is 0.190. The number of carbonyl (C=O) groups is 2. The van der Waals surface area contributed by atoms with Gasteiger partial charge in [0.15, 0.2) is 0 Å². The Morgan fingerprint density at radius 2 is 1.67 bits per heavy atom. The summed E-state index contributed by atoms with van der Waals surface area (Å²) in [6.45, 7) is 10.7. The molecule has 1 rings (SSSR count). The fraction of sp³-hybridized carbons (Fsp3) is 0.500. The molecule has 1 amide bonds. The van der Waals surface area contributed by atoms with Crippen LogP contribution in [-0.2, 0) is 4.79 Å². The zero-order valence-corrected chi connectivity index (χ0v) is 13.5. The second-order valence-corrected chi connectivity index (χ2v) is 6.57. The zero-order valence-electron chi connectivity index (χ0n) is 13.5. The molecular formula is C16H24N2O3. The lowest BCUT2D eigenvalue weighted by Crippen LogP contribution is -2.53. The second-order valence-electron chi connectivity index (χ2n) is 6.57. The van der Waals surface area contributed by atoms with Crippen LogP contribution in [0.25, 0.3) is 0 Å². The summed E-state index contributed by atoms with van der Waals surface area (Å²) >= 11 is 0. The Bertz CT molecular complexity index is 584. The Labute approximate surface area is 125 Å². The van der Waals surface area contributed by atoms with E-state index in [0.29, 0.717) is 11.3 Å². The Morgan fingerprint density at radius 1 is 1.14 bits per heavy atom. The highest BCUT2D eigenvalue weighted by Crippen LogP contribution is 2.30. The smallest absolute Gasteiger partial charge is 0.336 e. The molecule has 0 aliphatic carbocycles. The first-order chi connectivity index (χ1) is 9.37. The maximum Gasteiger partial charge on any atom is 0.336 e. The summed E-state index contributed by atoms with van der Waals surface area (Å²) in [5, 5.41) is 12.0. The van der Waals surface area contributed by atoms with Crippen molar-refractivity contribution >= 4 is 17.6 Å². The number of carboxylic acids is 1. The minimum Gasteiger partial charge on any atom is -0.478 e. The molecule has 0 aliphatic heterocycles. The number of aryl methyl sites for hydroxylation is 1. The van der Waals surface area contributed by atoms with Crippen molar-refractivity contribution in [3.8, 4) is 0 Å². The molecule has 0 radical (unpaired) electrons. The Morgan fingerprint density at radius 3 is 2.10 bits per heavy atom. The molecular weight excluding hydrogens is 268 g/mol. The second kappa shape index (κ2) is 5.48. The number of rotatable bonds is 4. The van der Waals surface area contributed by atoms with Gasteiger partial charge in [0.1, 0.15) is 0 Å². The zero-order chi connectivity index (χ0) is 16.6. The molecule has 5 heteroatoms. The molecule has 0 fully saturated rings. The topological polar surface area (TPSA) is 92.4 Å². The maximum absolute atomic E-state index is 12.4. The van der Waals surface area contributed by atoms with E-state index in [2.05, 4.69) is 5.32 Å². The monoisotopic (exact) mass is 292 g/mol. The van der Waals surface area contributed by atoms with Crippen molar-refractivity contribution in [2.45, 2.75) is 47.1 Å². The van der Waals surface area contributed by atoms with Crippen LogP contribution in [0.1, 0.15) is 49.2 Å². The Kier molecular flexibility index (Phi) is 4.48. The molecule has 4 N–H and O–H groups in total. The van der Waals surface area contributed by atoms with Gasteiger partial charge < -0.3 is 16.2 Å². The molecule has 1 aromatic carbocycles. The van der Waals surface area contributed by atoms with E-state index in [1.807, 2.05) is 6.92 Å². The molecule has 1 aromatic rings. The van der Waals surface area contributed by atoms with Gasteiger partial charge in [0, 0.05) is 11.2 Å². The largest absolute Gasteiger partial charge is 0.478 e. The van der Waals surface area contributed by atoms with Crippen molar-refractivity contribution in [2.24, 2.45) is 11.1 Å². The van der Waals surface area contributed by atoms with Gasteiger partial charge in [0.05, 0.1) is 11.0 Å². The van der Waals surface area contributed by atoms with Crippen molar-refractivity contribution in [1.29, 1.82) is 0 Å². The van der Waals surface area contributed by atoms with Gasteiger partial charge in [-0.2, -0.15) is 0 Å². The molecule has 116 valence electrons. The van der Waals surface area contributed by atoms with Gasteiger partial charge in [-0.05, 0) is 64.8 Å². The van der Waals surface area contributed by atoms with E-state index in [0.717, 1.165) is 5.56 Å². The highest BCUT2D eigenvalue weighted by atomic mass is 16.4. The van der Waals surface area contributed by atoms with Gasteiger partial charge in [-0.25, -0.2) is 4.79 Å². The minimum atomic E-state index is -1.01. The third-order valence-corrected chi connectivity index (χ3v) is 4.33. The first kappa shape index (κ1) is 17.2. The van der Waals surface area contributed by atoms with Gasteiger partial charge in [-0.3, -0.25) is 4.79 Å². The van der Waals surface area contributed by atoms with Gasteiger partial charge in [0.2, 0.25) is 5.91 Å². The molecule has 0 atom stereocenters. The summed E-state index contributed by atoms with van der Waals surface area (Å²) in [6.07, 6.45) is 0. The van der Waals surface area contributed by atoms with Crippen molar-refractivity contribution in [2.75, 3.05) is 5.32 Å². The number of carbonyl (C=O) groups excluding carboxylic acids is 1. The summed E-state index contributed by atoms with van der Waals surface area (Å²) < 4.78 is 0. The summed E-state index contributed by atoms with van der Waals surface area (Å²) in [6, 6.07) is 3.24. The fourth-order valence-electron chi connectivity index (χ4n) is 1.73. The standard InChI is InChI=1S/C16H24N2O3/c1-9-7-11(8-12(10(9)2)13(19)20)18-14(21)15(3,4)16(5,6)17/h7-8H,17H2,1-6H3,(H,18,21)(H,19,20). The average Bonchev–Trinajstić information content (AvgIpc) is 2.31. The van der Waals surface area contributed by atoms with Gasteiger partial charge >= 0.3 is 5.97 Å². The summed E-state index contributed by atoms with van der Waals surface area (Å²) in [4.78, 5) is 23.7. The quantitative estimate of drug-likeness (QED) is 0.795. The first-order valence-corrected chi connectivity index (χ1v) is 6.83. The number of nitrogens with two attached hydrogens (primary N) is 1. The number of carboxylic acid groups (broad SMARTS) is 1. The highest BCUT2D eigenvalue weighted by molar-refractivity contribution is 5.98. The summed E-state index contributed by atoms with van der Waals surface area (Å²) in [5.74, 6) is -1.25. The SMILES string of the molecule is Cc1cc(NC(=O)C(C)(C)C(C)(C)N)cc(C(=O)O)c1C. The van der Waals surface area contributed by atoms with Crippen LogP contribution < -0.4 is 11.1 Å². The van der Waals surface area contributed by atoms with E-state index in [9.17, 15) is 14.7 Å². The molecule has 0 aromatic heterocycles. The van der Waals surface area contributed by atoms with E-state index < -0.39 is 16.9 Å². The molecule has 0 aliphatic rings. The number of nitrogens with one attached hydrogen (secondary N) is 1. The van der Waals surface area contributed by atoms with Crippen molar-refractivity contribution < 1.29 is 14.7 Å². The number of anilines is 1. The maximum atomic E-state index is 12.4. The molecule has 21 heavy (non-hydrogen) atoms. The van der Waals surface area contributed by atoms with Crippen LogP contribution in [0.2, 0.25) is 0 Å². The molecule has 0 spiro atoms. The molecule has 0 bridgehead atoms. The molecule has 0 heterocycles. The Balaban J connectivity index is 3.15. The highest BCUT2D eigenvalue weighted by Gasteiger charge is 2.40. The normalized spacial score (nSPS) is 12.1. The van der Waals surface area contributed by atoms with Crippen LogP contribution in [0, 0.1) is 19.3 Å². The number of benzene rings is 1. The average molecular weight is 292 g/mol. The van der Waals surface area contributed by atoms with Gasteiger partial charge in [-0.15, -0.1) is 0 Å². The van der Waals surface area contributed by atoms with E-state index in [-0.39, 0.29) is 11.5 Å². The van der Waals surface area contributed by atoms with E-state index >= 15 is 0 Å². The lowest BCUT2D eigenvalue weighted by atomic mass is 9.74. The summed E-state index contributed by atoms with van der Waals surface area (Å²) in [7, 11) is 0. The van der Waals surface area contributed by atoms with Crippen LogP contribution in [0.5, 0.6) is 0 Å². The lowest BCUT2D eigenvalue weighted by Gasteiger charge is -2.36. The van der Waals surface area contributed by atoms with Crippen molar-refractivity contribution in [3.63, 3.8) is 0 Å². The van der Waals surface area contributed by atoms with Gasteiger partial charge in [0.25, 0.3) is 0 Å². The third-order valence-electron chi connectivity index (χ3n) is 4.33. The van der Waals surface area contributed by atoms with Crippen LogP contribution in [0.3, 0.4) is 0 Å². The van der Waals surface area contributed by atoms with Gasteiger partial charge in [-0.1, -0.05) is 0 Å². The predicted octanol–water partition coefficient (Wildman–Crippen LogP) is 2.70.